The average Bonchev–Trinajstić information content (AvgIpc) is 2.73. The molecule has 1 aromatic carbocycles. The summed E-state index contributed by atoms with van der Waals surface area (Å²) in [5, 5.41) is 6.69. The molecule has 1 fully saturated rings. The van der Waals surface area contributed by atoms with Crippen molar-refractivity contribution < 1.29 is 14.3 Å². The van der Waals surface area contributed by atoms with Crippen LogP contribution < -0.4 is 10.6 Å². The summed E-state index contributed by atoms with van der Waals surface area (Å²) < 4.78 is 4.95. The summed E-state index contributed by atoms with van der Waals surface area (Å²) in [6.45, 7) is 1.20. The van der Waals surface area contributed by atoms with Crippen molar-refractivity contribution in [2.75, 3.05) is 34.4 Å². The molecule has 0 heterocycles. The van der Waals surface area contributed by atoms with E-state index in [0.717, 1.165) is 43.5 Å². The molecule has 2 amide bonds. The minimum Gasteiger partial charge on any atom is -0.385 e. The number of nitrogens with one attached hydrogen (secondary N) is 2. The van der Waals surface area contributed by atoms with Crippen LogP contribution in [0.4, 0.5) is 0 Å². The molecule has 0 saturated heterocycles. The first kappa shape index (κ1) is 24.6. The van der Waals surface area contributed by atoms with E-state index in [-0.39, 0.29) is 36.2 Å². The number of likely N-dealkylation sites (N-methyl/N-ethyl adjacent to an activating group) is 1. The Morgan fingerprint density at radius 1 is 1.13 bits per heavy atom. The zero-order chi connectivity index (χ0) is 22.0. The number of amides is 2. The van der Waals surface area contributed by atoms with Crippen LogP contribution in [0.2, 0.25) is 5.02 Å². The zero-order valence-electron chi connectivity index (χ0n) is 18.5. The van der Waals surface area contributed by atoms with Gasteiger partial charge in [-0.2, -0.15) is 0 Å². The molecule has 2 N–H and O–H groups in total. The van der Waals surface area contributed by atoms with E-state index in [1.807, 2.05) is 12.1 Å². The van der Waals surface area contributed by atoms with E-state index in [1.54, 1.807) is 7.11 Å². The van der Waals surface area contributed by atoms with Gasteiger partial charge in [-0.1, -0.05) is 23.7 Å². The predicted octanol–water partition coefficient (Wildman–Crippen LogP) is 3.17. The molecule has 7 heteroatoms. The van der Waals surface area contributed by atoms with Crippen LogP contribution in [0.15, 0.2) is 24.3 Å². The van der Waals surface area contributed by atoms with Gasteiger partial charge in [-0.15, -0.1) is 0 Å². The van der Waals surface area contributed by atoms with E-state index >= 15 is 0 Å². The Bertz CT molecular complexity index is 671. The smallest absolute Gasteiger partial charge is 0.220 e. The van der Waals surface area contributed by atoms with Crippen LogP contribution >= 0.6 is 11.6 Å². The Kier molecular flexibility index (Phi) is 10.1. The second-order valence-electron chi connectivity index (χ2n) is 8.46. The van der Waals surface area contributed by atoms with Gasteiger partial charge in [0.25, 0.3) is 0 Å². The number of benzene rings is 1. The minimum atomic E-state index is -0.0838. The van der Waals surface area contributed by atoms with Gasteiger partial charge < -0.3 is 20.3 Å². The second-order valence-corrected chi connectivity index (χ2v) is 8.90. The fraction of sp³-hybridized carbons (Fsp3) is 0.652. The van der Waals surface area contributed by atoms with E-state index in [2.05, 4.69) is 41.8 Å². The van der Waals surface area contributed by atoms with Gasteiger partial charge in [0.15, 0.2) is 0 Å². The van der Waals surface area contributed by atoms with Crippen molar-refractivity contribution in [1.82, 2.24) is 15.5 Å². The van der Waals surface area contributed by atoms with Gasteiger partial charge in [-0.05, 0) is 70.3 Å². The van der Waals surface area contributed by atoms with Gasteiger partial charge in [-0.25, -0.2) is 0 Å². The minimum absolute atomic E-state index is 0.0397. The van der Waals surface area contributed by atoms with Crippen LogP contribution in [0.3, 0.4) is 0 Å². The summed E-state index contributed by atoms with van der Waals surface area (Å²) in [5.74, 6) is -0.124. The molecule has 6 nitrogen and oxygen atoms in total. The largest absolute Gasteiger partial charge is 0.385 e. The zero-order valence-corrected chi connectivity index (χ0v) is 19.3. The Labute approximate surface area is 185 Å². The lowest BCUT2D eigenvalue weighted by Crippen LogP contribution is -2.52. The van der Waals surface area contributed by atoms with Crippen molar-refractivity contribution in [2.24, 2.45) is 0 Å². The van der Waals surface area contributed by atoms with Crippen molar-refractivity contribution in [1.29, 1.82) is 0 Å². The van der Waals surface area contributed by atoms with Crippen LogP contribution in [0.5, 0.6) is 0 Å². The number of rotatable bonds is 11. The molecule has 1 aliphatic carbocycles. The standard InChI is InChI=1S/C23H36ClN3O3/c1-27(2)23(17-18-5-7-19(24)8-6-18)13-11-20(12-14-23)26-22(29)10-9-21(28)25-15-4-16-30-3/h5-8,20H,4,9-17H2,1-3H3,(H,25,28)(H,26,29). The van der Waals surface area contributed by atoms with Gasteiger partial charge >= 0.3 is 0 Å². The molecule has 30 heavy (non-hydrogen) atoms. The van der Waals surface area contributed by atoms with E-state index < -0.39 is 0 Å². The number of ether oxygens (including phenoxy) is 1. The number of halogens is 1. The van der Waals surface area contributed by atoms with Gasteiger partial charge in [-0.3, -0.25) is 9.59 Å². The molecule has 1 saturated carbocycles. The topological polar surface area (TPSA) is 70.7 Å². The molecular formula is C23H36ClN3O3. The summed E-state index contributed by atoms with van der Waals surface area (Å²) in [6.07, 6.45) is 6.14. The highest BCUT2D eigenvalue weighted by atomic mass is 35.5. The van der Waals surface area contributed by atoms with E-state index in [0.29, 0.717) is 13.2 Å². The molecule has 0 spiro atoms. The highest BCUT2D eigenvalue weighted by Crippen LogP contribution is 2.35. The molecule has 2 rings (SSSR count). The van der Waals surface area contributed by atoms with Crippen molar-refractivity contribution >= 4 is 23.4 Å². The molecule has 1 aliphatic rings. The molecular weight excluding hydrogens is 402 g/mol. The first-order valence-corrected chi connectivity index (χ1v) is 11.2. The summed E-state index contributed by atoms with van der Waals surface area (Å²) in [5.41, 5.74) is 1.38. The van der Waals surface area contributed by atoms with Gasteiger partial charge in [0.1, 0.15) is 0 Å². The Hall–Kier alpha value is -1.63. The molecule has 168 valence electrons. The normalized spacial score (nSPS) is 21.4. The third-order valence-corrected chi connectivity index (χ3v) is 6.36. The second kappa shape index (κ2) is 12.3. The van der Waals surface area contributed by atoms with Crippen LogP contribution in [0, 0.1) is 0 Å². The summed E-state index contributed by atoms with van der Waals surface area (Å²) in [4.78, 5) is 26.4. The lowest BCUT2D eigenvalue weighted by molar-refractivity contribution is -0.127. The van der Waals surface area contributed by atoms with Crippen molar-refractivity contribution in [2.45, 2.75) is 62.9 Å². The molecule has 0 aromatic heterocycles. The highest BCUT2D eigenvalue weighted by molar-refractivity contribution is 6.30. The lowest BCUT2D eigenvalue weighted by Gasteiger charge is -2.45. The molecule has 0 unspecified atom stereocenters. The first-order valence-electron chi connectivity index (χ1n) is 10.8. The van der Waals surface area contributed by atoms with E-state index in [9.17, 15) is 9.59 Å². The number of hydrogen-bond donors (Lipinski definition) is 2. The van der Waals surface area contributed by atoms with E-state index in [4.69, 9.17) is 16.3 Å². The van der Waals surface area contributed by atoms with Crippen LogP contribution in [0.1, 0.15) is 50.5 Å². The summed E-state index contributed by atoms with van der Waals surface area (Å²) in [7, 11) is 5.91. The maximum atomic E-state index is 12.3. The first-order chi connectivity index (χ1) is 14.3. The Morgan fingerprint density at radius 2 is 1.77 bits per heavy atom. The van der Waals surface area contributed by atoms with Crippen LogP contribution in [0.25, 0.3) is 0 Å². The lowest BCUT2D eigenvalue weighted by atomic mass is 9.75. The number of carbonyl (C=O) groups excluding carboxylic acids is 2. The molecule has 1 aromatic rings. The fourth-order valence-electron chi connectivity index (χ4n) is 4.12. The Morgan fingerprint density at radius 3 is 2.37 bits per heavy atom. The average molecular weight is 438 g/mol. The van der Waals surface area contributed by atoms with Crippen molar-refractivity contribution in [3.63, 3.8) is 0 Å². The SMILES string of the molecule is COCCCNC(=O)CCC(=O)NC1CCC(Cc2ccc(Cl)cc2)(N(C)C)CC1. The number of hydrogen-bond acceptors (Lipinski definition) is 4. The monoisotopic (exact) mass is 437 g/mol. The molecule has 0 bridgehead atoms. The number of nitrogens with zero attached hydrogens (tertiary/aromatic N) is 1. The maximum absolute atomic E-state index is 12.3. The van der Waals surface area contributed by atoms with Crippen molar-refractivity contribution in [3.8, 4) is 0 Å². The highest BCUT2D eigenvalue weighted by Gasteiger charge is 2.37. The third kappa shape index (κ3) is 7.89. The maximum Gasteiger partial charge on any atom is 0.220 e. The number of carbonyl (C=O) groups is 2. The Balaban J connectivity index is 1.75. The molecule has 0 atom stereocenters. The van der Waals surface area contributed by atoms with Crippen LogP contribution in [-0.2, 0) is 20.7 Å². The van der Waals surface area contributed by atoms with Gasteiger partial charge in [0.05, 0.1) is 0 Å². The summed E-state index contributed by atoms with van der Waals surface area (Å²) in [6, 6.07) is 8.27. The van der Waals surface area contributed by atoms with Crippen LogP contribution in [-0.4, -0.2) is 62.7 Å². The van der Waals surface area contributed by atoms with Gasteiger partial charge in [0, 0.05) is 49.7 Å². The summed E-state index contributed by atoms with van der Waals surface area (Å²) >= 11 is 6.02. The number of methoxy groups -OCH3 is 1. The fourth-order valence-corrected chi connectivity index (χ4v) is 4.25. The van der Waals surface area contributed by atoms with Gasteiger partial charge in [0.2, 0.25) is 11.8 Å². The van der Waals surface area contributed by atoms with Crippen molar-refractivity contribution in [3.05, 3.63) is 34.9 Å². The third-order valence-electron chi connectivity index (χ3n) is 6.10. The molecule has 0 radical (unpaired) electrons. The predicted molar refractivity (Wildman–Crippen MR) is 121 cm³/mol. The quantitative estimate of drug-likeness (QED) is 0.521. The molecule has 0 aliphatic heterocycles. The van der Waals surface area contributed by atoms with E-state index in [1.165, 1.54) is 5.56 Å².